The Morgan fingerprint density at radius 1 is 1.38 bits per heavy atom. The summed E-state index contributed by atoms with van der Waals surface area (Å²) in [5, 5.41) is 3.41. The van der Waals surface area contributed by atoms with E-state index < -0.39 is 0 Å². The highest BCUT2D eigenvalue weighted by molar-refractivity contribution is 6.31. The molecule has 1 aromatic heterocycles. The van der Waals surface area contributed by atoms with Crippen LogP contribution >= 0.6 is 11.6 Å². The minimum absolute atomic E-state index is 0.152. The number of carbonyl (C=O) groups is 1. The van der Waals surface area contributed by atoms with Crippen molar-refractivity contribution in [2.45, 2.75) is 6.92 Å². The maximum Gasteiger partial charge on any atom is 0.257 e. The van der Waals surface area contributed by atoms with Gasteiger partial charge in [0.15, 0.2) is 0 Å². The summed E-state index contributed by atoms with van der Waals surface area (Å²) in [5.41, 5.74) is 2.28. The van der Waals surface area contributed by atoms with E-state index in [0.29, 0.717) is 16.3 Å². The van der Waals surface area contributed by atoms with Crippen LogP contribution in [0, 0.1) is 6.92 Å². The lowest BCUT2D eigenvalue weighted by Crippen LogP contribution is -2.10. The molecular formula is C12H11ClN2O. The number of anilines is 1. The van der Waals surface area contributed by atoms with E-state index in [0.717, 1.165) is 5.56 Å². The number of hydrogen-bond donors (Lipinski definition) is 2. The zero-order chi connectivity index (χ0) is 11.5. The van der Waals surface area contributed by atoms with E-state index in [4.69, 9.17) is 11.6 Å². The molecule has 16 heavy (non-hydrogen) atoms. The van der Waals surface area contributed by atoms with Gasteiger partial charge in [-0.2, -0.15) is 0 Å². The molecule has 82 valence electrons. The van der Waals surface area contributed by atoms with Crippen LogP contribution in [0.1, 0.15) is 15.9 Å². The van der Waals surface area contributed by atoms with Crippen molar-refractivity contribution in [2.75, 3.05) is 5.32 Å². The van der Waals surface area contributed by atoms with Gasteiger partial charge >= 0.3 is 0 Å². The van der Waals surface area contributed by atoms with Crippen molar-refractivity contribution in [3.63, 3.8) is 0 Å². The van der Waals surface area contributed by atoms with Gasteiger partial charge < -0.3 is 10.3 Å². The molecule has 4 heteroatoms. The Balaban J connectivity index is 2.15. The van der Waals surface area contributed by atoms with E-state index in [1.165, 1.54) is 0 Å². The first-order valence-electron chi connectivity index (χ1n) is 4.87. The van der Waals surface area contributed by atoms with Crippen LogP contribution in [-0.2, 0) is 0 Å². The molecule has 0 fully saturated rings. The third kappa shape index (κ3) is 2.25. The average Bonchev–Trinajstić information content (AvgIpc) is 2.77. The molecule has 0 atom stereocenters. The van der Waals surface area contributed by atoms with Crippen LogP contribution in [0.4, 0.5) is 5.69 Å². The monoisotopic (exact) mass is 234 g/mol. The van der Waals surface area contributed by atoms with Gasteiger partial charge in [0, 0.05) is 23.1 Å². The van der Waals surface area contributed by atoms with Crippen molar-refractivity contribution >= 4 is 23.2 Å². The second-order valence-electron chi connectivity index (χ2n) is 3.52. The second-order valence-corrected chi connectivity index (χ2v) is 3.92. The van der Waals surface area contributed by atoms with Gasteiger partial charge in [0.25, 0.3) is 5.91 Å². The molecule has 1 amide bonds. The summed E-state index contributed by atoms with van der Waals surface area (Å²) in [5.74, 6) is -0.152. The van der Waals surface area contributed by atoms with Crippen LogP contribution in [-0.4, -0.2) is 10.9 Å². The van der Waals surface area contributed by atoms with E-state index in [1.807, 2.05) is 19.1 Å². The van der Waals surface area contributed by atoms with E-state index in [9.17, 15) is 4.79 Å². The molecule has 2 N–H and O–H groups in total. The van der Waals surface area contributed by atoms with Crippen molar-refractivity contribution in [3.05, 3.63) is 52.8 Å². The van der Waals surface area contributed by atoms with Gasteiger partial charge in [0.1, 0.15) is 0 Å². The summed E-state index contributed by atoms with van der Waals surface area (Å²) >= 11 is 5.96. The average molecular weight is 235 g/mol. The molecule has 1 aromatic carbocycles. The molecule has 0 radical (unpaired) electrons. The molecule has 0 aliphatic rings. The number of hydrogen-bond acceptors (Lipinski definition) is 1. The first kappa shape index (κ1) is 10.8. The zero-order valence-corrected chi connectivity index (χ0v) is 9.51. The van der Waals surface area contributed by atoms with Crippen LogP contribution in [0.5, 0.6) is 0 Å². The molecule has 0 bridgehead atoms. The number of halogens is 1. The lowest BCUT2D eigenvalue weighted by atomic mass is 10.2. The number of aromatic amines is 1. The maximum absolute atomic E-state index is 11.7. The lowest BCUT2D eigenvalue weighted by molar-refractivity contribution is 0.102. The van der Waals surface area contributed by atoms with Gasteiger partial charge in [-0.3, -0.25) is 4.79 Å². The fraction of sp³-hybridized carbons (Fsp3) is 0.0833. The van der Waals surface area contributed by atoms with Gasteiger partial charge in [0.05, 0.1) is 5.56 Å². The van der Waals surface area contributed by atoms with Crippen molar-refractivity contribution in [1.29, 1.82) is 0 Å². The molecule has 0 spiro atoms. The highest BCUT2D eigenvalue weighted by atomic mass is 35.5. The molecular weight excluding hydrogens is 224 g/mol. The van der Waals surface area contributed by atoms with Crippen molar-refractivity contribution in [2.24, 2.45) is 0 Å². The Kier molecular flexibility index (Phi) is 2.97. The van der Waals surface area contributed by atoms with Crippen molar-refractivity contribution in [3.8, 4) is 0 Å². The molecule has 0 saturated heterocycles. The van der Waals surface area contributed by atoms with Crippen LogP contribution in [0.2, 0.25) is 5.02 Å². The third-order valence-electron chi connectivity index (χ3n) is 2.29. The van der Waals surface area contributed by atoms with Crippen LogP contribution < -0.4 is 5.32 Å². The standard InChI is InChI=1S/C12H11ClN2O/c1-8-2-3-10(6-11(8)13)15-12(16)9-4-5-14-7-9/h2-7,14H,1H3,(H,15,16). The number of carbonyl (C=O) groups excluding carboxylic acids is 1. The van der Waals surface area contributed by atoms with Crippen LogP contribution in [0.3, 0.4) is 0 Å². The zero-order valence-electron chi connectivity index (χ0n) is 8.75. The summed E-state index contributed by atoms with van der Waals surface area (Å²) in [7, 11) is 0. The van der Waals surface area contributed by atoms with E-state index in [2.05, 4.69) is 10.3 Å². The Bertz CT molecular complexity index is 506. The first-order valence-corrected chi connectivity index (χ1v) is 5.25. The number of amides is 1. The highest BCUT2D eigenvalue weighted by Crippen LogP contribution is 2.20. The minimum atomic E-state index is -0.152. The molecule has 0 saturated carbocycles. The first-order chi connectivity index (χ1) is 7.66. The second kappa shape index (κ2) is 4.41. The van der Waals surface area contributed by atoms with Crippen molar-refractivity contribution < 1.29 is 4.79 Å². The fourth-order valence-corrected chi connectivity index (χ4v) is 1.52. The molecule has 2 aromatic rings. The summed E-state index contributed by atoms with van der Waals surface area (Å²) in [6, 6.07) is 7.15. The largest absolute Gasteiger partial charge is 0.367 e. The van der Waals surface area contributed by atoms with Gasteiger partial charge in [-0.25, -0.2) is 0 Å². The van der Waals surface area contributed by atoms with Gasteiger partial charge in [0.2, 0.25) is 0 Å². The SMILES string of the molecule is Cc1ccc(NC(=O)c2cc[nH]c2)cc1Cl. The molecule has 0 aliphatic carbocycles. The number of aromatic nitrogens is 1. The maximum atomic E-state index is 11.7. The number of nitrogens with one attached hydrogen (secondary N) is 2. The van der Waals surface area contributed by atoms with E-state index in [1.54, 1.807) is 24.5 Å². The van der Waals surface area contributed by atoms with Gasteiger partial charge in [-0.05, 0) is 30.7 Å². The predicted octanol–water partition coefficient (Wildman–Crippen LogP) is 3.23. The number of benzene rings is 1. The molecule has 0 aliphatic heterocycles. The lowest BCUT2D eigenvalue weighted by Gasteiger charge is -2.05. The third-order valence-corrected chi connectivity index (χ3v) is 2.70. The smallest absolute Gasteiger partial charge is 0.257 e. The number of H-pyrrole nitrogens is 1. The van der Waals surface area contributed by atoms with Gasteiger partial charge in [-0.15, -0.1) is 0 Å². The topological polar surface area (TPSA) is 44.9 Å². The van der Waals surface area contributed by atoms with Crippen LogP contribution in [0.15, 0.2) is 36.7 Å². The summed E-state index contributed by atoms with van der Waals surface area (Å²) in [6.07, 6.45) is 3.35. The molecule has 1 heterocycles. The quantitative estimate of drug-likeness (QED) is 0.823. The number of rotatable bonds is 2. The summed E-state index contributed by atoms with van der Waals surface area (Å²) in [6.45, 7) is 1.92. The molecule has 3 nitrogen and oxygen atoms in total. The predicted molar refractivity (Wildman–Crippen MR) is 64.9 cm³/mol. The Morgan fingerprint density at radius 3 is 2.81 bits per heavy atom. The number of aryl methyl sites for hydroxylation is 1. The molecule has 2 rings (SSSR count). The van der Waals surface area contributed by atoms with E-state index in [-0.39, 0.29) is 5.91 Å². The Morgan fingerprint density at radius 2 is 2.19 bits per heavy atom. The summed E-state index contributed by atoms with van der Waals surface area (Å²) < 4.78 is 0. The fourth-order valence-electron chi connectivity index (χ4n) is 1.34. The minimum Gasteiger partial charge on any atom is -0.367 e. The Hall–Kier alpha value is -1.74. The van der Waals surface area contributed by atoms with Crippen LogP contribution in [0.25, 0.3) is 0 Å². The van der Waals surface area contributed by atoms with E-state index >= 15 is 0 Å². The highest BCUT2D eigenvalue weighted by Gasteiger charge is 2.06. The summed E-state index contributed by atoms with van der Waals surface area (Å²) in [4.78, 5) is 14.5. The molecule has 0 unspecified atom stereocenters. The van der Waals surface area contributed by atoms with Crippen molar-refractivity contribution in [1.82, 2.24) is 4.98 Å². The normalized spacial score (nSPS) is 10.1. The Labute approximate surface area is 98.4 Å². The van der Waals surface area contributed by atoms with Gasteiger partial charge in [-0.1, -0.05) is 17.7 Å².